The molecule has 0 radical (unpaired) electrons. The maximum Gasteiger partial charge on any atom is 0.246 e. The van der Waals surface area contributed by atoms with Crippen molar-refractivity contribution >= 4 is 27.9 Å². The summed E-state index contributed by atoms with van der Waals surface area (Å²) < 4.78 is 1.03. The third kappa shape index (κ3) is 3.45. The zero-order valence-electron chi connectivity index (χ0n) is 10.6. The number of likely N-dealkylation sites (tertiary alicyclic amines) is 1. The first-order chi connectivity index (χ1) is 8.66. The van der Waals surface area contributed by atoms with Gasteiger partial charge in [0.15, 0.2) is 0 Å². The second-order valence-electron chi connectivity index (χ2n) is 4.76. The van der Waals surface area contributed by atoms with Gasteiger partial charge in [0.2, 0.25) is 5.91 Å². The molecule has 0 spiro atoms. The van der Waals surface area contributed by atoms with Crippen LogP contribution in [0.1, 0.15) is 31.7 Å². The normalized spacial score (nSPS) is 20.3. The minimum Gasteiger partial charge on any atom is -0.336 e. The lowest BCUT2D eigenvalue weighted by Crippen LogP contribution is -2.41. The van der Waals surface area contributed by atoms with Gasteiger partial charge >= 0.3 is 0 Å². The summed E-state index contributed by atoms with van der Waals surface area (Å²) >= 11 is 3.43. The lowest BCUT2D eigenvalue weighted by atomic mass is 10.0. The standard InChI is InChI=1S/C15H18BrNO/c1-12-5-2-3-10-17(12)15(18)9-8-13-6-4-7-14(16)11-13/h4,6-9,11-12H,2-3,5,10H2,1H3/b9-8+. The fourth-order valence-electron chi connectivity index (χ4n) is 2.30. The van der Waals surface area contributed by atoms with Crippen LogP contribution in [0.3, 0.4) is 0 Å². The highest BCUT2D eigenvalue weighted by atomic mass is 79.9. The molecule has 0 aliphatic carbocycles. The van der Waals surface area contributed by atoms with E-state index in [9.17, 15) is 4.79 Å². The molecule has 1 fully saturated rings. The molecule has 1 aromatic rings. The molecule has 0 N–H and O–H groups in total. The van der Waals surface area contributed by atoms with Gasteiger partial charge in [0.1, 0.15) is 0 Å². The molecule has 96 valence electrons. The van der Waals surface area contributed by atoms with Crippen molar-refractivity contribution in [2.24, 2.45) is 0 Å². The Morgan fingerprint density at radius 1 is 1.44 bits per heavy atom. The van der Waals surface area contributed by atoms with Crippen LogP contribution in [0, 0.1) is 0 Å². The summed E-state index contributed by atoms with van der Waals surface area (Å²) in [7, 11) is 0. The van der Waals surface area contributed by atoms with Gasteiger partial charge in [-0.25, -0.2) is 0 Å². The molecule has 1 heterocycles. The van der Waals surface area contributed by atoms with Crippen molar-refractivity contribution < 1.29 is 4.79 Å². The lowest BCUT2D eigenvalue weighted by Gasteiger charge is -2.32. The van der Waals surface area contributed by atoms with E-state index in [2.05, 4.69) is 22.9 Å². The number of hydrogen-bond acceptors (Lipinski definition) is 1. The summed E-state index contributed by atoms with van der Waals surface area (Å²) in [4.78, 5) is 14.1. The molecule has 1 aliphatic heterocycles. The number of piperidine rings is 1. The molecule has 0 saturated carbocycles. The van der Waals surface area contributed by atoms with Gasteiger partial charge in [-0.2, -0.15) is 0 Å². The Morgan fingerprint density at radius 2 is 2.28 bits per heavy atom. The van der Waals surface area contributed by atoms with Crippen LogP contribution >= 0.6 is 15.9 Å². The maximum absolute atomic E-state index is 12.1. The van der Waals surface area contributed by atoms with Gasteiger partial charge in [-0.3, -0.25) is 4.79 Å². The summed E-state index contributed by atoms with van der Waals surface area (Å²) in [5.74, 6) is 0.127. The first kappa shape index (κ1) is 13.3. The second kappa shape index (κ2) is 6.19. The van der Waals surface area contributed by atoms with E-state index in [1.54, 1.807) is 6.08 Å². The topological polar surface area (TPSA) is 20.3 Å². The molecule has 1 amide bonds. The van der Waals surface area contributed by atoms with Gasteiger partial charge in [-0.15, -0.1) is 0 Å². The first-order valence-corrected chi connectivity index (χ1v) is 7.20. The third-order valence-electron chi connectivity index (χ3n) is 3.35. The summed E-state index contributed by atoms with van der Waals surface area (Å²) in [5.41, 5.74) is 1.04. The van der Waals surface area contributed by atoms with Crippen LogP contribution in [0.2, 0.25) is 0 Å². The number of carbonyl (C=O) groups excluding carboxylic acids is 1. The molecule has 18 heavy (non-hydrogen) atoms. The van der Waals surface area contributed by atoms with E-state index in [4.69, 9.17) is 0 Å². The quantitative estimate of drug-likeness (QED) is 0.760. The Hall–Kier alpha value is -1.09. The number of benzene rings is 1. The second-order valence-corrected chi connectivity index (χ2v) is 5.68. The average molecular weight is 308 g/mol. The summed E-state index contributed by atoms with van der Waals surface area (Å²) in [6.07, 6.45) is 7.05. The van der Waals surface area contributed by atoms with Crippen LogP contribution in [-0.4, -0.2) is 23.4 Å². The molecular formula is C15H18BrNO. The number of hydrogen-bond donors (Lipinski definition) is 0. The van der Waals surface area contributed by atoms with Crippen molar-refractivity contribution in [1.82, 2.24) is 4.90 Å². The highest BCUT2D eigenvalue weighted by Crippen LogP contribution is 2.17. The zero-order chi connectivity index (χ0) is 13.0. The van der Waals surface area contributed by atoms with E-state index in [1.165, 1.54) is 6.42 Å². The third-order valence-corrected chi connectivity index (χ3v) is 3.85. The van der Waals surface area contributed by atoms with Crippen molar-refractivity contribution in [2.45, 2.75) is 32.2 Å². The van der Waals surface area contributed by atoms with Crippen molar-refractivity contribution in [1.29, 1.82) is 0 Å². The highest BCUT2D eigenvalue weighted by molar-refractivity contribution is 9.10. The van der Waals surface area contributed by atoms with Crippen molar-refractivity contribution in [3.8, 4) is 0 Å². The van der Waals surface area contributed by atoms with Crippen LogP contribution in [0.5, 0.6) is 0 Å². The fourth-order valence-corrected chi connectivity index (χ4v) is 2.72. The molecule has 1 aliphatic rings. The molecule has 2 rings (SSSR count). The van der Waals surface area contributed by atoms with Crippen LogP contribution in [0.25, 0.3) is 6.08 Å². The minimum atomic E-state index is 0.127. The predicted molar refractivity (Wildman–Crippen MR) is 78.2 cm³/mol. The average Bonchev–Trinajstić information content (AvgIpc) is 2.37. The van der Waals surface area contributed by atoms with E-state index >= 15 is 0 Å². The summed E-state index contributed by atoms with van der Waals surface area (Å²) in [6.45, 7) is 3.02. The Kier molecular flexibility index (Phi) is 4.59. The Morgan fingerprint density at radius 3 is 3.00 bits per heavy atom. The number of carbonyl (C=O) groups is 1. The number of halogens is 1. The maximum atomic E-state index is 12.1. The van der Waals surface area contributed by atoms with Crippen molar-refractivity contribution in [2.75, 3.05) is 6.54 Å². The summed E-state index contributed by atoms with van der Waals surface area (Å²) in [6, 6.07) is 8.32. The van der Waals surface area contributed by atoms with Crippen LogP contribution in [0.15, 0.2) is 34.8 Å². The monoisotopic (exact) mass is 307 g/mol. The molecule has 0 aromatic heterocycles. The van der Waals surface area contributed by atoms with E-state index in [0.717, 1.165) is 29.4 Å². The molecule has 3 heteroatoms. The van der Waals surface area contributed by atoms with Gasteiger partial charge < -0.3 is 4.90 Å². The molecular weight excluding hydrogens is 290 g/mol. The van der Waals surface area contributed by atoms with Crippen molar-refractivity contribution in [3.05, 3.63) is 40.4 Å². The number of nitrogens with zero attached hydrogens (tertiary/aromatic N) is 1. The molecule has 1 atom stereocenters. The van der Waals surface area contributed by atoms with E-state index < -0.39 is 0 Å². The van der Waals surface area contributed by atoms with Crippen molar-refractivity contribution in [3.63, 3.8) is 0 Å². The largest absolute Gasteiger partial charge is 0.336 e. The minimum absolute atomic E-state index is 0.127. The van der Waals surface area contributed by atoms with Gasteiger partial charge in [0.25, 0.3) is 0 Å². The van der Waals surface area contributed by atoms with Gasteiger partial charge in [-0.1, -0.05) is 28.1 Å². The molecule has 0 bridgehead atoms. The Bertz CT molecular complexity index is 456. The SMILES string of the molecule is CC1CCCCN1C(=O)/C=C/c1cccc(Br)c1. The number of amides is 1. The molecule has 1 saturated heterocycles. The van der Waals surface area contributed by atoms with Crippen LogP contribution in [0.4, 0.5) is 0 Å². The van der Waals surface area contributed by atoms with Crippen LogP contribution < -0.4 is 0 Å². The smallest absolute Gasteiger partial charge is 0.246 e. The fraction of sp³-hybridized carbons (Fsp3) is 0.400. The molecule has 1 aromatic carbocycles. The summed E-state index contributed by atoms with van der Waals surface area (Å²) in [5, 5.41) is 0. The van der Waals surface area contributed by atoms with Crippen LogP contribution in [-0.2, 0) is 4.79 Å². The first-order valence-electron chi connectivity index (χ1n) is 6.41. The number of rotatable bonds is 2. The predicted octanol–water partition coefficient (Wildman–Crippen LogP) is 3.86. The highest BCUT2D eigenvalue weighted by Gasteiger charge is 2.20. The molecule has 1 unspecified atom stereocenters. The van der Waals surface area contributed by atoms with Gasteiger partial charge in [0, 0.05) is 23.1 Å². The molecule has 2 nitrogen and oxygen atoms in total. The van der Waals surface area contributed by atoms with E-state index in [0.29, 0.717) is 6.04 Å². The Labute approximate surface area is 117 Å². The van der Waals surface area contributed by atoms with Gasteiger partial charge in [-0.05, 0) is 50.0 Å². The van der Waals surface area contributed by atoms with E-state index in [1.807, 2.05) is 35.2 Å². The van der Waals surface area contributed by atoms with Gasteiger partial charge in [0.05, 0.1) is 0 Å². The Balaban J connectivity index is 2.02. The lowest BCUT2D eigenvalue weighted by molar-refractivity contribution is -0.129. The van der Waals surface area contributed by atoms with E-state index in [-0.39, 0.29) is 5.91 Å². The zero-order valence-corrected chi connectivity index (χ0v) is 12.2.